The number of aryl methyl sites for hydroxylation is 1. The molecule has 0 radical (unpaired) electrons. The molecule has 0 fully saturated rings. The Hall–Kier alpha value is -3.48. The maximum Gasteiger partial charge on any atom is 0.259 e. The molecule has 0 aliphatic rings. The van der Waals surface area contributed by atoms with Gasteiger partial charge < -0.3 is 15.2 Å². The van der Waals surface area contributed by atoms with Gasteiger partial charge >= 0.3 is 0 Å². The van der Waals surface area contributed by atoms with Gasteiger partial charge in [0.05, 0.1) is 17.5 Å². The van der Waals surface area contributed by atoms with Crippen LogP contribution in [0.3, 0.4) is 0 Å². The first kappa shape index (κ1) is 16.4. The van der Waals surface area contributed by atoms with E-state index in [0.717, 1.165) is 5.69 Å². The summed E-state index contributed by atoms with van der Waals surface area (Å²) in [5.74, 6) is -0.202. The molecule has 3 aromatic rings. The number of hydrogen-bond acceptors (Lipinski definition) is 5. The monoisotopic (exact) mass is 338 g/mol. The Morgan fingerprint density at radius 1 is 1.20 bits per heavy atom. The van der Waals surface area contributed by atoms with Crippen LogP contribution in [0.1, 0.15) is 11.5 Å². The summed E-state index contributed by atoms with van der Waals surface area (Å²) in [6, 6.07) is 10.7. The van der Waals surface area contributed by atoms with Gasteiger partial charge in [-0.05, 0) is 43.3 Å². The molecule has 0 aliphatic carbocycles. The van der Waals surface area contributed by atoms with Gasteiger partial charge in [0.2, 0.25) is 0 Å². The van der Waals surface area contributed by atoms with Crippen molar-refractivity contribution < 1.29 is 13.7 Å². The molecule has 2 aromatic heterocycles. The number of pyridine rings is 1. The van der Waals surface area contributed by atoms with E-state index in [4.69, 9.17) is 4.52 Å². The molecular weight excluding hydrogens is 323 g/mol. The van der Waals surface area contributed by atoms with Gasteiger partial charge in [-0.3, -0.25) is 9.78 Å². The smallest absolute Gasteiger partial charge is 0.259 e. The van der Waals surface area contributed by atoms with Gasteiger partial charge in [-0.1, -0.05) is 5.16 Å². The number of amides is 1. The normalized spacial score (nSPS) is 11.2. The summed E-state index contributed by atoms with van der Waals surface area (Å²) < 4.78 is 18.0. The van der Waals surface area contributed by atoms with Crippen LogP contribution in [0.25, 0.3) is 5.57 Å². The van der Waals surface area contributed by atoms with Gasteiger partial charge in [-0.25, -0.2) is 4.39 Å². The lowest BCUT2D eigenvalue weighted by atomic mass is 10.1. The second kappa shape index (κ2) is 7.39. The zero-order valence-corrected chi connectivity index (χ0v) is 13.4. The Balaban J connectivity index is 1.85. The second-order valence-corrected chi connectivity index (χ2v) is 5.23. The molecule has 7 heteroatoms. The number of carbonyl (C=O) groups excluding carboxylic acids is 1. The number of anilines is 2. The molecule has 0 unspecified atom stereocenters. The highest BCUT2D eigenvalue weighted by Gasteiger charge is 2.16. The second-order valence-electron chi connectivity index (χ2n) is 5.23. The van der Waals surface area contributed by atoms with Crippen molar-refractivity contribution >= 4 is 22.9 Å². The van der Waals surface area contributed by atoms with Crippen LogP contribution in [0.4, 0.5) is 15.8 Å². The third-order valence-electron chi connectivity index (χ3n) is 3.30. The number of hydrogen-bond donors (Lipinski definition) is 2. The zero-order valence-electron chi connectivity index (χ0n) is 13.4. The Kier molecular flexibility index (Phi) is 4.84. The van der Waals surface area contributed by atoms with E-state index in [9.17, 15) is 9.18 Å². The lowest BCUT2D eigenvalue weighted by molar-refractivity contribution is -0.111. The Morgan fingerprint density at radius 3 is 2.64 bits per heavy atom. The summed E-state index contributed by atoms with van der Waals surface area (Å²) in [4.78, 5) is 16.6. The molecule has 1 amide bonds. The third-order valence-corrected chi connectivity index (χ3v) is 3.30. The minimum atomic E-state index is -0.406. The van der Waals surface area contributed by atoms with Gasteiger partial charge in [0, 0.05) is 24.2 Å². The summed E-state index contributed by atoms with van der Waals surface area (Å²) >= 11 is 0. The van der Waals surface area contributed by atoms with E-state index in [-0.39, 0.29) is 11.4 Å². The molecule has 6 nitrogen and oxygen atoms in total. The van der Waals surface area contributed by atoms with E-state index >= 15 is 0 Å². The first-order chi connectivity index (χ1) is 12.1. The van der Waals surface area contributed by atoms with E-state index < -0.39 is 5.91 Å². The lowest BCUT2D eigenvalue weighted by Crippen LogP contribution is -2.15. The van der Waals surface area contributed by atoms with Crippen molar-refractivity contribution in [3.05, 3.63) is 78.3 Å². The minimum Gasteiger partial charge on any atom is -0.361 e. The van der Waals surface area contributed by atoms with Crippen molar-refractivity contribution in [3.63, 3.8) is 0 Å². The fourth-order valence-electron chi connectivity index (χ4n) is 2.08. The van der Waals surface area contributed by atoms with Crippen molar-refractivity contribution in [2.45, 2.75) is 6.92 Å². The molecule has 1 aromatic carbocycles. The van der Waals surface area contributed by atoms with E-state index in [0.29, 0.717) is 17.1 Å². The van der Waals surface area contributed by atoms with E-state index in [1.807, 2.05) is 6.07 Å². The molecule has 0 spiro atoms. The quantitative estimate of drug-likeness (QED) is 0.695. The molecule has 2 heterocycles. The van der Waals surface area contributed by atoms with Gasteiger partial charge in [0.25, 0.3) is 5.91 Å². The van der Waals surface area contributed by atoms with Crippen LogP contribution in [-0.2, 0) is 4.79 Å². The van der Waals surface area contributed by atoms with Crippen LogP contribution >= 0.6 is 0 Å². The molecule has 3 rings (SSSR count). The average Bonchev–Trinajstić information content (AvgIpc) is 3.04. The van der Waals surface area contributed by atoms with E-state index in [2.05, 4.69) is 20.8 Å². The molecule has 0 bridgehead atoms. The summed E-state index contributed by atoms with van der Waals surface area (Å²) in [6.07, 6.45) is 4.80. The molecular formula is C18H15FN4O2. The molecule has 0 aliphatic heterocycles. The Labute approximate surface area is 143 Å². The fraction of sp³-hybridized carbons (Fsp3) is 0.0556. The van der Waals surface area contributed by atoms with Crippen molar-refractivity contribution in [2.75, 3.05) is 10.6 Å². The van der Waals surface area contributed by atoms with E-state index in [1.165, 1.54) is 30.5 Å². The average molecular weight is 338 g/mol. The van der Waals surface area contributed by atoms with Crippen molar-refractivity contribution in [1.82, 2.24) is 10.1 Å². The maximum atomic E-state index is 13.0. The topological polar surface area (TPSA) is 80.0 Å². The first-order valence-electron chi connectivity index (χ1n) is 7.49. The van der Waals surface area contributed by atoms with Crippen LogP contribution < -0.4 is 10.6 Å². The number of aromatic nitrogens is 2. The highest BCUT2D eigenvalue weighted by Crippen LogP contribution is 2.18. The van der Waals surface area contributed by atoms with Crippen molar-refractivity contribution in [2.24, 2.45) is 0 Å². The molecule has 2 N–H and O–H groups in total. The van der Waals surface area contributed by atoms with Gasteiger partial charge in [0.1, 0.15) is 17.3 Å². The van der Waals surface area contributed by atoms with Gasteiger partial charge in [0.15, 0.2) is 0 Å². The number of nitrogens with one attached hydrogen (secondary N) is 2. The highest BCUT2D eigenvalue weighted by atomic mass is 19.1. The maximum absolute atomic E-state index is 13.0. The van der Waals surface area contributed by atoms with Gasteiger partial charge in [-0.15, -0.1) is 0 Å². The van der Waals surface area contributed by atoms with Crippen LogP contribution in [0.2, 0.25) is 0 Å². The largest absolute Gasteiger partial charge is 0.361 e. The Morgan fingerprint density at radius 2 is 2.00 bits per heavy atom. The summed E-state index contributed by atoms with van der Waals surface area (Å²) in [5, 5.41) is 9.59. The molecule has 25 heavy (non-hydrogen) atoms. The minimum absolute atomic E-state index is 0.269. The number of halogens is 1. The van der Waals surface area contributed by atoms with Gasteiger partial charge in [-0.2, -0.15) is 0 Å². The van der Waals surface area contributed by atoms with Crippen molar-refractivity contribution in [1.29, 1.82) is 0 Å². The predicted octanol–water partition coefficient (Wildman–Crippen LogP) is 3.61. The zero-order chi connectivity index (χ0) is 17.6. The van der Waals surface area contributed by atoms with Crippen LogP contribution in [0.15, 0.2) is 65.6 Å². The molecule has 0 saturated carbocycles. The standard InChI is InChI=1S/C18H15FN4O2/c1-12-9-17(23-25-12)16(11-21-15-3-2-8-20-10-15)18(24)22-14-6-4-13(19)5-7-14/h2-11,21H,1H3,(H,22,24). The highest BCUT2D eigenvalue weighted by molar-refractivity contribution is 6.25. The molecule has 0 atom stereocenters. The van der Waals surface area contributed by atoms with Crippen molar-refractivity contribution in [3.8, 4) is 0 Å². The number of carbonyl (C=O) groups is 1. The van der Waals surface area contributed by atoms with Crippen LogP contribution in [0.5, 0.6) is 0 Å². The summed E-state index contributed by atoms with van der Waals surface area (Å²) in [5.41, 5.74) is 1.84. The van der Waals surface area contributed by atoms with E-state index in [1.54, 1.807) is 31.5 Å². The number of benzene rings is 1. The molecule has 126 valence electrons. The Bertz CT molecular complexity index is 889. The number of nitrogens with zero attached hydrogens (tertiary/aromatic N) is 2. The lowest BCUT2D eigenvalue weighted by Gasteiger charge is -2.08. The molecule has 0 saturated heterocycles. The predicted molar refractivity (Wildman–Crippen MR) is 92.1 cm³/mol. The van der Waals surface area contributed by atoms with Crippen LogP contribution in [0, 0.1) is 12.7 Å². The number of rotatable bonds is 5. The summed E-state index contributed by atoms with van der Waals surface area (Å²) in [7, 11) is 0. The SMILES string of the molecule is Cc1cc(C(=CNc2cccnc2)C(=O)Nc2ccc(F)cc2)no1. The fourth-order valence-corrected chi connectivity index (χ4v) is 2.08. The summed E-state index contributed by atoms with van der Waals surface area (Å²) in [6.45, 7) is 1.74. The third kappa shape index (κ3) is 4.29. The first-order valence-corrected chi connectivity index (χ1v) is 7.49. The van der Waals surface area contributed by atoms with Crippen LogP contribution in [-0.4, -0.2) is 16.0 Å².